The molecule has 1 unspecified atom stereocenters. The highest BCUT2D eigenvalue weighted by Gasteiger charge is 2.15. The van der Waals surface area contributed by atoms with Crippen molar-refractivity contribution in [3.8, 4) is 11.5 Å². The fourth-order valence-corrected chi connectivity index (χ4v) is 2.30. The molecule has 21 heavy (non-hydrogen) atoms. The highest BCUT2D eigenvalue weighted by atomic mass is 16.6. The molecule has 0 amide bonds. The summed E-state index contributed by atoms with van der Waals surface area (Å²) in [5, 5.41) is 17.6. The van der Waals surface area contributed by atoms with Crippen molar-refractivity contribution in [2.24, 2.45) is 7.05 Å². The van der Waals surface area contributed by atoms with E-state index < -0.39 is 6.10 Å². The number of aryl methyl sites for hydroxylation is 1. The molecule has 112 valence electrons. The molecule has 6 heteroatoms. The number of ether oxygens (including phenoxy) is 2. The third-order valence-corrected chi connectivity index (χ3v) is 3.52. The van der Waals surface area contributed by atoms with Gasteiger partial charge in [-0.15, -0.1) is 0 Å². The average molecular weight is 289 g/mol. The van der Waals surface area contributed by atoms with Gasteiger partial charge in [-0.05, 0) is 23.8 Å². The lowest BCUT2D eigenvalue weighted by Crippen LogP contribution is -2.22. The van der Waals surface area contributed by atoms with Crippen LogP contribution in [0.2, 0.25) is 0 Å². The minimum atomic E-state index is -0.589. The molecule has 2 aromatic rings. The Morgan fingerprint density at radius 2 is 2.10 bits per heavy atom. The van der Waals surface area contributed by atoms with Crippen LogP contribution in [0.1, 0.15) is 17.4 Å². The molecule has 3 rings (SSSR count). The minimum Gasteiger partial charge on any atom is -0.486 e. The van der Waals surface area contributed by atoms with Crippen LogP contribution in [0.5, 0.6) is 11.5 Å². The second-order valence-corrected chi connectivity index (χ2v) is 5.00. The molecule has 1 aromatic heterocycles. The van der Waals surface area contributed by atoms with Gasteiger partial charge in [0.25, 0.3) is 0 Å². The number of nitrogens with one attached hydrogen (secondary N) is 1. The van der Waals surface area contributed by atoms with Gasteiger partial charge < -0.3 is 19.9 Å². The van der Waals surface area contributed by atoms with Crippen LogP contribution in [-0.4, -0.2) is 34.6 Å². The second kappa shape index (κ2) is 6.15. The lowest BCUT2D eigenvalue weighted by atomic mass is 10.1. The molecule has 1 aromatic carbocycles. The van der Waals surface area contributed by atoms with Crippen molar-refractivity contribution in [2.75, 3.05) is 19.8 Å². The van der Waals surface area contributed by atoms with Gasteiger partial charge in [-0.1, -0.05) is 6.07 Å². The number of benzene rings is 1. The van der Waals surface area contributed by atoms with Crippen LogP contribution in [0.25, 0.3) is 0 Å². The fraction of sp³-hybridized carbons (Fsp3) is 0.400. The van der Waals surface area contributed by atoms with E-state index in [0.29, 0.717) is 32.1 Å². The summed E-state index contributed by atoms with van der Waals surface area (Å²) in [6.45, 7) is 2.25. The Bertz CT molecular complexity index is 612. The average Bonchev–Trinajstić information content (AvgIpc) is 2.92. The van der Waals surface area contributed by atoms with E-state index in [1.165, 1.54) is 0 Å². The molecule has 2 heterocycles. The maximum absolute atomic E-state index is 10.2. The predicted molar refractivity (Wildman–Crippen MR) is 77.3 cm³/mol. The Kier molecular flexibility index (Phi) is 4.08. The van der Waals surface area contributed by atoms with Crippen molar-refractivity contribution in [3.05, 3.63) is 41.7 Å². The van der Waals surface area contributed by atoms with Crippen LogP contribution in [0.4, 0.5) is 0 Å². The first kappa shape index (κ1) is 13.9. The summed E-state index contributed by atoms with van der Waals surface area (Å²) in [5.74, 6) is 1.43. The maximum atomic E-state index is 10.2. The largest absolute Gasteiger partial charge is 0.486 e. The van der Waals surface area contributed by atoms with Crippen molar-refractivity contribution in [1.82, 2.24) is 15.1 Å². The Labute approximate surface area is 123 Å². The Balaban J connectivity index is 1.58. The molecule has 0 saturated heterocycles. The third kappa shape index (κ3) is 3.17. The summed E-state index contributed by atoms with van der Waals surface area (Å²) in [7, 11) is 1.90. The van der Waals surface area contributed by atoms with Crippen molar-refractivity contribution in [1.29, 1.82) is 0 Å². The predicted octanol–water partition coefficient (Wildman–Crippen LogP) is 1.01. The van der Waals surface area contributed by atoms with Gasteiger partial charge in [-0.3, -0.25) is 4.68 Å². The number of aliphatic hydroxyl groups excluding tert-OH is 1. The Hall–Kier alpha value is -2.05. The van der Waals surface area contributed by atoms with Gasteiger partial charge in [0.05, 0.1) is 11.8 Å². The van der Waals surface area contributed by atoms with Crippen LogP contribution in [0.15, 0.2) is 30.5 Å². The van der Waals surface area contributed by atoms with Gasteiger partial charge in [-0.2, -0.15) is 5.10 Å². The summed E-state index contributed by atoms with van der Waals surface area (Å²) in [6.07, 6.45) is 1.17. The fourth-order valence-electron chi connectivity index (χ4n) is 2.30. The smallest absolute Gasteiger partial charge is 0.161 e. The zero-order chi connectivity index (χ0) is 14.7. The number of nitrogens with zero attached hydrogens (tertiary/aromatic N) is 2. The standard InChI is InChI=1S/C15H19N3O3/c1-18-12(4-5-17-18)9-16-10-13(19)11-2-3-14-15(8-11)21-7-6-20-14/h2-5,8,13,16,19H,6-7,9-10H2,1H3. The summed E-state index contributed by atoms with van der Waals surface area (Å²) in [6, 6.07) is 7.49. The van der Waals surface area contributed by atoms with Crippen molar-refractivity contribution < 1.29 is 14.6 Å². The van der Waals surface area contributed by atoms with Crippen LogP contribution in [0, 0.1) is 0 Å². The molecule has 1 atom stereocenters. The number of fused-ring (bicyclic) bond motifs is 1. The summed E-state index contributed by atoms with van der Waals surface area (Å²) < 4.78 is 12.8. The molecule has 0 saturated carbocycles. The topological polar surface area (TPSA) is 68.5 Å². The van der Waals surface area contributed by atoms with E-state index in [1.807, 2.05) is 36.0 Å². The van der Waals surface area contributed by atoms with E-state index >= 15 is 0 Å². The molecule has 0 fully saturated rings. The monoisotopic (exact) mass is 289 g/mol. The van der Waals surface area contributed by atoms with Gasteiger partial charge in [-0.25, -0.2) is 0 Å². The lowest BCUT2D eigenvalue weighted by Gasteiger charge is -2.20. The highest BCUT2D eigenvalue weighted by molar-refractivity contribution is 5.44. The molecule has 0 radical (unpaired) electrons. The highest BCUT2D eigenvalue weighted by Crippen LogP contribution is 2.32. The van der Waals surface area contributed by atoms with Gasteiger partial charge in [0.2, 0.25) is 0 Å². The number of aliphatic hydroxyl groups is 1. The Morgan fingerprint density at radius 1 is 1.29 bits per heavy atom. The quantitative estimate of drug-likeness (QED) is 0.860. The lowest BCUT2D eigenvalue weighted by molar-refractivity contribution is 0.163. The maximum Gasteiger partial charge on any atom is 0.161 e. The molecule has 0 aliphatic carbocycles. The summed E-state index contributed by atoms with van der Waals surface area (Å²) >= 11 is 0. The minimum absolute atomic E-state index is 0.463. The molecule has 6 nitrogen and oxygen atoms in total. The van der Waals surface area contributed by atoms with E-state index in [2.05, 4.69) is 10.4 Å². The summed E-state index contributed by atoms with van der Waals surface area (Å²) in [5.41, 5.74) is 1.89. The number of hydrogen-bond acceptors (Lipinski definition) is 5. The zero-order valence-electron chi connectivity index (χ0n) is 12.0. The first-order valence-electron chi connectivity index (χ1n) is 6.99. The normalized spacial score (nSPS) is 15.0. The van der Waals surface area contributed by atoms with Crippen LogP contribution in [-0.2, 0) is 13.6 Å². The van der Waals surface area contributed by atoms with Crippen LogP contribution in [0.3, 0.4) is 0 Å². The number of hydrogen-bond donors (Lipinski definition) is 2. The van der Waals surface area contributed by atoms with E-state index in [1.54, 1.807) is 6.20 Å². The second-order valence-electron chi connectivity index (χ2n) is 5.00. The molecule has 1 aliphatic rings. The van der Waals surface area contributed by atoms with Gasteiger partial charge >= 0.3 is 0 Å². The number of aromatic nitrogens is 2. The third-order valence-electron chi connectivity index (χ3n) is 3.52. The van der Waals surface area contributed by atoms with Crippen molar-refractivity contribution >= 4 is 0 Å². The first-order valence-corrected chi connectivity index (χ1v) is 6.99. The van der Waals surface area contributed by atoms with Gasteiger partial charge in [0.1, 0.15) is 13.2 Å². The molecule has 0 spiro atoms. The first-order chi connectivity index (χ1) is 10.2. The van der Waals surface area contributed by atoms with E-state index in [-0.39, 0.29) is 0 Å². The SMILES string of the molecule is Cn1nccc1CNCC(O)c1ccc2c(c1)OCCO2. The molecule has 0 bridgehead atoms. The van der Waals surface area contributed by atoms with Crippen LogP contribution < -0.4 is 14.8 Å². The molecular formula is C15H19N3O3. The van der Waals surface area contributed by atoms with Gasteiger partial charge in [0, 0.05) is 26.3 Å². The van der Waals surface area contributed by atoms with Crippen molar-refractivity contribution in [2.45, 2.75) is 12.6 Å². The Morgan fingerprint density at radius 3 is 2.86 bits per heavy atom. The van der Waals surface area contributed by atoms with Gasteiger partial charge in [0.15, 0.2) is 11.5 Å². The van der Waals surface area contributed by atoms with Crippen LogP contribution >= 0.6 is 0 Å². The molecule has 2 N–H and O–H groups in total. The van der Waals surface area contributed by atoms with E-state index in [0.717, 1.165) is 17.0 Å². The molecular weight excluding hydrogens is 270 g/mol. The van der Waals surface area contributed by atoms with Crippen molar-refractivity contribution in [3.63, 3.8) is 0 Å². The summed E-state index contributed by atoms with van der Waals surface area (Å²) in [4.78, 5) is 0. The van der Waals surface area contributed by atoms with E-state index in [4.69, 9.17) is 9.47 Å². The van der Waals surface area contributed by atoms with E-state index in [9.17, 15) is 5.11 Å². The number of rotatable bonds is 5. The zero-order valence-corrected chi connectivity index (χ0v) is 12.0. The molecule has 1 aliphatic heterocycles.